The molecule has 3 aromatic carbocycles. The zero-order valence-corrected chi connectivity index (χ0v) is 15.6. The second kappa shape index (κ2) is 7.94. The van der Waals surface area contributed by atoms with Crippen LogP contribution in [0.25, 0.3) is 5.70 Å². The third-order valence-electron chi connectivity index (χ3n) is 4.58. The molecule has 1 heterocycles. The summed E-state index contributed by atoms with van der Waals surface area (Å²) in [5, 5.41) is 5.84. The molecule has 0 aliphatic carbocycles. The maximum atomic E-state index is 13.0. The van der Waals surface area contributed by atoms with Crippen molar-refractivity contribution in [3.8, 4) is 0 Å². The fourth-order valence-electron chi connectivity index (χ4n) is 3.11. The van der Waals surface area contributed by atoms with Crippen LogP contribution in [0.4, 0.5) is 13.2 Å². The van der Waals surface area contributed by atoms with Crippen molar-refractivity contribution in [2.45, 2.75) is 12.4 Å². The Kier molecular flexibility index (Phi) is 5.18. The van der Waals surface area contributed by atoms with Crippen LogP contribution in [-0.2, 0) is 10.9 Å². The largest absolute Gasteiger partial charge is 0.449 e. The van der Waals surface area contributed by atoms with E-state index in [0.717, 1.165) is 23.3 Å². The molecule has 30 heavy (non-hydrogen) atoms. The van der Waals surface area contributed by atoms with Gasteiger partial charge in [0.05, 0.1) is 5.56 Å². The first-order valence-electron chi connectivity index (χ1n) is 9.18. The van der Waals surface area contributed by atoms with E-state index in [-0.39, 0.29) is 11.4 Å². The summed E-state index contributed by atoms with van der Waals surface area (Å²) in [6.07, 6.45) is -5.08. The lowest BCUT2D eigenvalue weighted by molar-refractivity contribution is -0.137. The molecule has 2 N–H and O–H groups in total. The van der Waals surface area contributed by atoms with Crippen molar-refractivity contribution in [2.75, 3.05) is 0 Å². The Balaban J connectivity index is 1.63. The molecule has 3 aromatic rings. The average Bonchev–Trinajstić information content (AvgIpc) is 3.18. The molecule has 152 valence electrons. The number of alkyl halides is 3. The molecule has 4 rings (SSSR count). The molecule has 4 nitrogen and oxygen atoms in total. The predicted molar refractivity (Wildman–Crippen MR) is 106 cm³/mol. The molecule has 1 aliphatic heterocycles. The van der Waals surface area contributed by atoms with Gasteiger partial charge in [0.15, 0.2) is 6.23 Å². The highest BCUT2D eigenvalue weighted by Crippen LogP contribution is 2.32. The quantitative estimate of drug-likeness (QED) is 0.631. The highest BCUT2D eigenvalue weighted by atomic mass is 19.4. The van der Waals surface area contributed by atoms with Gasteiger partial charge < -0.3 is 10.1 Å². The number of rotatable bonds is 4. The molecule has 7 heteroatoms. The number of carbonyl (C=O) groups is 1. The number of amides is 1. The zero-order valence-electron chi connectivity index (χ0n) is 15.6. The minimum Gasteiger partial charge on any atom is -0.449 e. The van der Waals surface area contributed by atoms with Crippen LogP contribution in [0.5, 0.6) is 0 Å². The molecule has 0 fully saturated rings. The molecular weight excluding hydrogens is 393 g/mol. The van der Waals surface area contributed by atoms with Crippen LogP contribution in [0, 0.1) is 0 Å². The zero-order chi connectivity index (χ0) is 21.1. The van der Waals surface area contributed by atoms with E-state index in [1.165, 1.54) is 12.1 Å². The van der Waals surface area contributed by atoms with E-state index in [1.54, 1.807) is 0 Å². The number of benzene rings is 3. The maximum Gasteiger partial charge on any atom is 0.416 e. The summed E-state index contributed by atoms with van der Waals surface area (Å²) >= 11 is 0. The molecule has 1 amide bonds. The van der Waals surface area contributed by atoms with E-state index in [2.05, 4.69) is 10.6 Å². The van der Waals surface area contributed by atoms with Crippen molar-refractivity contribution in [3.63, 3.8) is 0 Å². The van der Waals surface area contributed by atoms with Crippen LogP contribution in [0.2, 0.25) is 0 Å². The Morgan fingerprint density at radius 1 is 0.900 bits per heavy atom. The second-order valence-electron chi connectivity index (χ2n) is 6.66. The third-order valence-corrected chi connectivity index (χ3v) is 4.58. The number of hydrogen-bond donors (Lipinski definition) is 2. The van der Waals surface area contributed by atoms with Crippen LogP contribution in [0.15, 0.2) is 90.8 Å². The van der Waals surface area contributed by atoms with Crippen LogP contribution in [-0.4, -0.2) is 5.91 Å². The Morgan fingerprint density at radius 3 is 2.23 bits per heavy atom. The van der Waals surface area contributed by atoms with E-state index in [0.29, 0.717) is 5.70 Å². The van der Waals surface area contributed by atoms with Gasteiger partial charge in [-0.25, -0.2) is 0 Å². The van der Waals surface area contributed by atoms with Gasteiger partial charge in [0.25, 0.3) is 5.91 Å². The third kappa shape index (κ3) is 4.15. The second-order valence-corrected chi connectivity index (χ2v) is 6.66. The molecule has 0 saturated heterocycles. The van der Waals surface area contributed by atoms with Crippen LogP contribution >= 0.6 is 0 Å². The fraction of sp³-hybridized carbons (Fsp3) is 0.0870. The SMILES string of the molecule is O=C(NC1=C(c2ccccc2)NC(c2ccccc2)O1)c1cccc(C(F)(F)F)c1. The highest BCUT2D eigenvalue weighted by molar-refractivity contribution is 5.96. The Morgan fingerprint density at radius 2 is 1.57 bits per heavy atom. The van der Waals surface area contributed by atoms with Crippen LogP contribution in [0.3, 0.4) is 0 Å². The lowest BCUT2D eigenvalue weighted by Gasteiger charge is -2.14. The monoisotopic (exact) mass is 410 g/mol. The predicted octanol–water partition coefficient (Wildman–Crippen LogP) is 5.08. The van der Waals surface area contributed by atoms with Gasteiger partial charge in [-0.15, -0.1) is 0 Å². The molecule has 0 aromatic heterocycles. The molecule has 1 atom stereocenters. The molecule has 0 bridgehead atoms. The van der Waals surface area contributed by atoms with Gasteiger partial charge in [-0.3, -0.25) is 10.1 Å². The van der Waals surface area contributed by atoms with Gasteiger partial charge in [0, 0.05) is 16.7 Å². The molecule has 1 unspecified atom stereocenters. The minimum absolute atomic E-state index is 0.114. The van der Waals surface area contributed by atoms with Gasteiger partial charge in [0.1, 0.15) is 5.70 Å². The van der Waals surface area contributed by atoms with Gasteiger partial charge in [-0.1, -0.05) is 66.7 Å². The Hall–Kier alpha value is -3.74. The minimum atomic E-state index is -4.53. The Labute approximate surface area is 171 Å². The van der Waals surface area contributed by atoms with Crippen molar-refractivity contribution in [3.05, 3.63) is 113 Å². The average molecular weight is 410 g/mol. The number of carbonyl (C=O) groups excluding carboxylic acids is 1. The fourth-order valence-corrected chi connectivity index (χ4v) is 3.11. The number of halogens is 3. The van der Waals surface area contributed by atoms with E-state index in [4.69, 9.17) is 4.74 Å². The van der Waals surface area contributed by atoms with Crippen molar-refractivity contribution in [1.82, 2.24) is 10.6 Å². The lowest BCUT2D eigenvalue weighted by Crippen LogP contribution is -2.24. The van der Waals surface area contributed by atoms with Crippen molar-refractivity contribution < 1.29 is 22.7 Å². The smallest absolute Gasteiger partial charge is 0.416 e. The summed E-state index contributed by atoms with van der Waals surface area (Å²) in [6, 6.07) is 22.8. The van der Waals surface area contributed by atoms with E-state index < -0.39 is 23.9 Å². The van der Waals surface area contributed by atoms with Gasteiger partial charge in [0.2, 0.25) is 5.88 Å². The lowest BCUT2D eigenvalue weighted by atomic mass is 10.1. The Bertz CT molecular complexity index is 1080. The molecule has 0 saturated carbocycles. The first kappa shape index (κ1) is 19.6. The van der Waals surface area contributed by atoms with E-state index >= 15 is 0 Å². The normalized spacial score (nSPS) is 16.0. The van der Waals surface area contributed by atoms with Gasteiger partial charge in [-0.2, -0.15) is 13.2 Å². The standard InChI is InChI=1S/C23H17F3N2O2/c24-23(25,26)18-13-7-12-17(14-18)20(29)28-22-19(15-8-3-1-4-9-15)27-21(30-22)16-10-5-2-6-11-16/h1-14,21,27H,(H,28,29). The van der Waals surface area contributed by atoms with E-state index in [9.17, 15) is 18.0 Å². The van der Waals surface area contributed by atoms with Crippen LogP contribution < -0.4 is 10.6 Å². The number of ether oxygens (including phenoxy) is 1. The summed E-state index contributed by atoms with van der Waals surface area (Å²) in [4.78, 5) is 12.7. The topological polar surface area (TPSA) is 50.4 Å². The van der Waals surface area contributed by atoms with Crippen molar-refractivity contribution >= 4 is 11.6 Å². The van der Waals surface area contributed by atoms with Crippen molar-refractivity contribution in [2.24, 2.45) is 0 Å². The molecular formula is C23H17F3N2O2. The number of hydrogen-bond acceptors (Lipinski definition) is 3. The van der Waals surface area contributed by atoms with Gasteiger partial charge in [-0.05, 0) is 18.2 Å². The maximum absolute atomic E-state index is 13.0. The summed E-state index contributed by atoms with van der Waals surface area (Å²) in [5.41, 5.74) is 1.16. The number of nitrogens with one attached hydrogen (secondary N) is 2. The highest BCUT2D eigenvalue weighted by Gasteiger charge is 2.32. The first-order chi connectivity index (χ1) is 14.4. The van der Waals surface area contributed by atoms with Crippen LogP contribution in [0.1, 0.15) is 33.3 Å². The molecule has 0 spiro atoms. The van der Waals surface area contributed by atoms with E-state index in [1.807, 2.05) is 60.7 Å². The van der Waals surface area contributed by atoms with Crippen molar-refractivity contribution in [1.29, 1.82) is 0 Å². The molecule has 0 radical (unpaired) electrons. The summed E-state index contributed by atoms with van der Waals surface area (Å²) in [7, 11) is 0. The summed E-state index contributed by atoms with van der Waals surface area (Å²) < 4.78 is 44.9. The summed E-state index contributed by atoms with van der Waals surface area (Å²) in [5.74, 6) is -0.544. The molecule has 1 aliphatic rings. The summed E-state index contributed by atoms with van der Waals surface area (Å²) in [6.45, 7) is 0. The van der Waals surface area contributed by atoms with Gasteiger partial charge >= 0.3 is 6.18 Å². The first-order valence-corrected chi connectivity index (χ1v) is 9.18.